The lowest BCUT2D eigenvalue weighted by Crippen LogP contribution is -2.39. The van der Waals surface area contributed by atoms with Crippen molar-refractivity contribution in [3.05, 3.63) is 29.3 Å². The monoisotopic (exact) mass is 217 g/mol. The van der Waals surface area contributed by atoms with E-state index in [0.29, 0.717) is 11.6 Å². The molecule has 16 heavy (non-hydrogen) atoms. The van der Waals surface area contributed by atoms with E-state index in [9.17, 15) is 9.90 Å². The summed E-state index contributed by atoms with van der Waals surface area (Å²) in [5.41, 5.74) is 2.66. The van der Waals surface area contributed by atoms with E-state index in [4.69, 9.17) is 0 Å². The molecular weight excluding hydrogens is 202 g/mol. The van der Waals surface area contributed by atoms with Gasteiger partial charge in [-0.2, -0.15) is 0 Å². The minimum atomic E-state index is -0.803. The SMILES string of the molecule is O=C(O)c1cccc2c1N(C1CCC1)CC2. The molecule has 1 aliphatic carbocycles. The summed E-state index contributed by atoms with van der Waals surface area (Å²) in [5, 5.41) is 9.21. The highest BCUT2D eigenvalue weighted by molar-refractivity contribution is 5.96. The van der Waals surface area contributed by atoms with Crippen molar-refractivity contribution in [1.82, 2.24) is 0 Å². The molecule has 0 spiro atoms. The van der Waals surface area contributed by atoms with Crippen LogP contribution in [0.25, 0.3) is 0 Å². The molecule has 0 atom stereocenters. The number of fused-ring (bicyclic) bond motifs is 1. The number of carboxylic acids is 1. The van der Waals surface area contributed by atoms with Crippen molar-refractivity contribution in [2.75, 3.05) is 11.4 Å². The van der Waals surface area contributed by atoms with Crippen LogP contribution in [0.5, 0.6) is 0 Å². The molecule has 1 fully saturated rings. The molecule has 0 unspecified atom stereocenters. The molecule has 1 aromatic carbocycles. The zero-order chi connectivity index (χ0) is 11.1. The molecule has 1 aliphatic heterocycles. The summed E-state index contributed by atoms with van der Waals surface area (Å²) in [6.07, 6.45) is 4.71. The summed E-state index contributed by atoms with van der Waals surface area (Å²) >= 11 is 0. The summed E-state index contributed by atoms with van der Waals surface area (Å²) in [4.78, 5) is 13.5. The molecule has 84 valence electrons. The maximum Gasteiger partial charge on any atom is 0.337 e. The largest absolute Gasteiger partial charge is 0.478 e. The standard InChI is InChI=1S/C13H15NO2/c15-13(16)11-6-1-3-9-7-8-14(12(9)11)10-4-2-5-10/h1,3,6,10H,2,4-5,7-8H2,(H,15,16). The zero-order valence-electron chi connectivity index (χ0n) is 9.15. The van der Waals surface area contributed by atoms with E-state index in [1.165, 1.54) is 24.8 Å². The fourth-order valence-electron chi connectivity index (χ4n) is 2.72. The number of hydrogen-bond acceptors (Lipinski definition) is 2. The normalized spacial score (nSPS) is 19.4. The van der Waals surface area contributed by atoms with Crippen LogP contribution in [0.4, 0.5) is 5.69 Å². The minimum Gasteiger partial charge on any atom is -0.478 e. The molecule has 3 nitrogen and oxygen atoms in total. The van der Waals surface area contributed by atoms with Crippen molar-refractivity contribution < 1.29 is 9.90 Å². The lowest BCUT2D eigenvalue weighted by atomic mass is 9.91. The van der Waals surface area contributed by atoms with Crippen LogP contribution < -0.4 is 4.90 Å². The van der Waals surface area contributed by atoms with E-state index >= 15 is 0 Å². The molecule has 1 N–H and O–H groups in total. The van der Waals surface area contributed by atoms with Gasteiger partial charge in [-0.15, -0.1) is 0 Å². The van der Waals surface area contributed by atoms with Gasteiger partial charge in [0, 0.05) is 12.6 Å². The van der Waals surface area contributed by atoms with Crippen LogP contribution in [-0.2, 0) is 6.42 Å². The first kappa shape index (κ1) is 9.70. The highest BCUT2D eigenvalue weighted by Crippen LogP contribution is 2.38. The molecule has 2 aliphatic rings. The Morgan fingerprint density at radius 2 is 2.19 bits per heavy atom. The Bertz CT molecular complexity index is 438. The number of nitrogens with zero attached hydrogens (tertiary/aromatic N) is 1. The summed E-state index contributed by atoms with van der Waals surface area (Å²) < 4.78 is 0. The summed E-state index contributed by atoms with van der Waals surface area (Å²) in [6, 6.07) is 6.22. The van der Waals surface area contributed by atoms with Crippen molar-refractivity contribution >= 4 is 11.7 Å². The van der Waals surface area contributed by atoms with Gasteiger partial charge in [-0.1, -0.05) is 12.1 Å². The summed E-state index contributed by atoms with van der Waals surface area (Å²) in [5.74, 6) is -0.803. The van der Waals surface area contributed by atoms with Gasteiger partial charge in [-0.3, -0.25) is 0 Å². The highest BCUT2D eigenvalue weighted by Gasteiger charge is 2.32. The van der Waals surface area contributed by atoms with Crippen molar-refractivity contribution in [2.24, 2.45) is 0 Å². The van der Waals surface area contributed by atoms with Gasteiger partial charge in [0.05, 0.1) is 11.3 Å². The van der Waals surface area contributed by atoms with Gasteiger partial charge in [0.2, 0.25) is 0 Å². The van der Waals surface area contributed by atoms with Gasteiger partial charge < -0.3 is 10.0 Å². The predicted octanol–water partition coefficient (Wildman–Crippen LogP) is 2.30. The summed E-state index contributed by atoms with van der Waals surface area (Å²) in [7, 11) is 0. The topological polar surface area (TPSA) is 40.5 Å². The zero-order valence-corrected chi connectivity index (χ0v) is 9.15. The predicted molar refractivity (Wildman–Crippen MR) is 62.1 cm³/mol. The van der Waals surface area contributed by atoms with E-state index in [1.54, 1.807) is 6.07 Å². The maximum absolute atomic E-state index is 11.2. The number of rotatable bonds is 2. The number of aromatic carboxylic acids is 1. The first-order valence-electron chi connectivity index (χ1n) is 5.89. The van der Waals surface area contributed by atoms with Crippen LogP contribution in [0.3, 0.4) is 0 Å². The number of para-hydroxylation sites is 1. The minimum absolute atomic E-state index is 0.474. The smallest absolute Gasteiger partial charge is 0.337 e. The Morgan fingerprint density at radius 1 is 1.38 bits per heavy atom. The quantitative estimate of drug-likeness (QED) is 0.826. The van der Waals surface area contributed by atoms with Crippen LogP contribution in [0.15, 0.2) is 18.2 Å². The van der Waals surface area contributed by atoms with E-state index in [1.807, 2.05) is 6.07 Å². The van der Waals surface area contributed by atoms with Gasteiger partial charge in [0.1, 0.15) is 0 Å². The lowest BCUT2D eigenvalue weighted by molar-refractivity contribution is 0.0697. The van der Waals surface area contributed by atoms with Gasteiger partial charge in [0.15, 0.2) is 0 Å². The highest BCUT2D eigenvalue weighted by atomic mass is 16.4. The summed E-state index contributed by atoms with van der Waals surface area (Å²) in [6.45, 7) is 0.990. The molecule has 0 amide bonds. The molecule has 0 radical (unpaired) electrons. The second kappa shape index (κ2) is 3.51. The molecule has 3 heteroatoms. The molecule has 0 saturated heterocycles. The Hall–Kier alpha value is -1.51. The number of anilines is 1. The van der Waals surface area contributed by atoms with Crippen molar-refractivity contribution in [3.63, 3.8) is 0 Å². The Labute approximate surface area is 94.7 Å². The molecule has 1 saturated carbocycles. The lowest BCUT2D eigenvalue weighted by Gasteiger charge is -2.37. The average molecular weight is 217 g/mol. The Morgan fingerprint density at radius 3 is 2.81 bits per heavy atom. The molecule has 1 aromatic rings. The average Bonchev–Trinajstić information content (AvgIpc) is 2.59. The van der Waals surface area contributed by atoms with Crippen molar-refractivity contribution in [2.45, 2.75) is 31.7 Å². The van der Waals surface area contributed by atoms with E-state index in [-0.39, 0.29) is 0 Å². The van der Waals surface area contributed by atoms with Crippen LogP contribution in [0.1, 0.15) is 35.2 Å². The van der Waals surface area contributed by atoms with Crippen molar-refractivity contribution in [3.8, 4) is 0 Å². The molecule has 3 rings (SSSR count). The van der Waals surface area contributed by atoms with Gasteiger partial charge in [-0.25, -0.2) is 4.79 Å². The van der Waals surface area contributed by atoms with Crippen LogP contribution in [0, 0.1) is 0 Å². The molecular formula is C13H15NO2. The van der Waals surface area contributed by atoms with Gasteiger partial charge in [0.25, 0.3) is 0 Å². The fraction of sp³-hybridized carbons (Fsp3) is 0.462. The first-order valence-corrected chi connectivity index (χ1v) is 5.89. The number of carboxylic acid groups (broad SMARTS) is 1. The van der Waals surface area contributed by atoms with E-state index in [2.05, 4.69) is 11.0 Å². The maximum atomic E-state index is 11.2. The number of benzene rings is 1. The Kier molecular flexibility index (Phi) is 2.13. The van der Waals surface area contributed by atoms with E-state index in [0.717, 1.165) is 18.7 Å². The molecule has 0 aromatic heterocycles. The third-order valence-electron chi connectivity index (χ3n) is 3.77. The molecule has 1 heterocycles. The van der Waals surface area contributed by atoms with Crippen LogP contribution in [0.2, 0.25) is 0 Å². The molecule has 0 bridgehead atoms. The van der Waals surface area contributed by atoms with Gasteiger partial charge in [-0.05, 0) is 37.3 Å². The number of hydrogen-bond donors (Lipinski definition) is 1. The van der Waals surface area contributed by atoms with Crippen molar-refractivity contribution in [1.29, 1.82) is 0 Å². The van der Waals surface area contributed by atoms with E-state index < -0.39 is 5.97 Å². The van der Waals surface area contributed by atoms with Crippen LogP contribution >= 0.6 is 0 Å². The second-order valence-corrected chi connectivity index (χ2v) is 4.65. The Balaban J connectivity index is 2.04. The third-order valence-corrected chi connectivity index (χ3v) is 3.77. The van der Waals surface area contributed by atoms with Crippen LogP contribution in [-0.4, -0.2) is 23.7 Å². The fourth-order valence-corrected chi connectivity index (χ4v) is 2.72. The number of carbonyl (C=O) groups is 1. The van der Waals surface area contributed by atoms with Gasteiger partial charge >= 0.3 is 5.97 Å². The third kappa shape index (κ3) is 1.31. The second-order valence-electron chi connectivity index (χ2n) is 4.65. The first-order chi connectivity index (χ1) is 7.77.